The number of benzene rings is 2. The second kappa shape index (κ2) is 8.73. The van der Waals surface area contributed by atoms with Gasteiger partial charge in [-0.2, -0.15) is 0 Å². The number of para-hydroxylation sites is 3. The molecule has 3 aromatic rings. The molecule has 2 heterocycles. The van der Waals surface area contributed by atoms with Gasteiger partial charge in [0.25, 0.3) is 5.91 Å². The van der Waals surface area contributed by atoms with E-state index in [2.05, 4.69) is 27.1 Å². The van der Waals surface area contributed by atoms with E-state index in [1.54, 1.807) is 12.3 Å². The van der Waals surface area contributed by atoms with Gasteiger partial charge in [0.15, 0.2) is 5.75 Å². The number of ether oxygens (including phenoxy) is 1. The van der Waals surface area contributed by atoms with Crippen LogP contribution in [0.15, 0.2) is 66.9 Å². The van der Waals surface area contributed by atoms with Crippen LogP contribution in [0.3, 0.4) is 0 Å². The fourth-order valence-electron chi connectivity index (χ4n) is 3.30. The fraction of sp³-hybridized carbons (Fsp3) is 0.261. The smallest absolute Gasteiger partial charge is 0.274 e. The molecule has 0 bridgehead atoms. The highest BCUT2D eigenvalue weighted by Crippen LogP contribution is 2.29. The molecular weight excluding hydrogens is 364 g/mol. The van der Waals surface area contributed by atoms with E-state index in [9.17, 15) is 4.79 Å². The van der Waals surface area contributed by atoms with Gasteiger partial charge in [0.05, 0.1) is 5.69 Å². The number of nitrogens with zero attached hydrogens (tertiary/aromatic N) is 3. The number of amides is 1. The molecule has 0 atom stereocenters. The van der Waals surface area contributed by atoms with E-state index in [1.165, 1.54) is 0 Å². The van der Waals surface area contributed by atoms with Crippen LogP contribution in [-0.2, 0) is 0 Å². The zero-order chi connectivity index (χ0) is 20.1. The second-order valence-electron chi connectivity index (χ2n) is 7.28. The van der Waals surface area contributed by atoms with Gasteiger partial charge in [-0.05, 0) is 49.1 Å². The topological polar surface area (TPSA) is 67.4 Å². The Balaban J connectivity index is 1.49. The third-order valence-electron chi connectivity index (χ3n) is 5.05. The number of hydrogen-bond acceptors (Lipinski definition) is 5. The van der Waals surface area contributed by atoms with Crippen molar-refractivity contribution >= 4 is 17.5 Å². The SMILES string of the molecule is CC1CCN(c2nccc(C(=O)Nc3ccccc3Oc3ccccc3)n2)CC1. The van der Waals surface area contributed by atoms with Gasteiger partial charge in [-0.25, -0.2) is 9.97 Å². The number of carbonyl (C=O) groups is 1. The van der Waals surface area contributed by atoms with Gasteiger partial charge in [-0.1, -0.05) is 37.3 Å². The first-order valence-electron chi connectivity index (χ1n) is 9.90. The van der Waals surface area contributed by atoms with Crippen LogP contribution in [0.1, 0.15) is 30.3 Å². The summed E-state index contributed by atoms with van der Waals surface area (Å²) in [5.74, 6) is 2.32. The van der Waals surface area contributed by atoms with Crippen LogP contribution >= 0.6 is 0 Å². The number of anilines is 2. The lowest BCUT2D eigenvalue weighted by Gasteiger charge is -2.30. The number of aromatic nitrogens is 2. The number of rotatable bonds is 5. The molecule has 0 aliphatic carbocycles. The Kier molecular flexibility index (Phi) is 5.70. The molecule has 1 saturated heterocycles. The Bertz CT molecular complexity index is 969. The molecule has 1 amide bonds. The van der Waals surface area contributed by atoms with Crippen molar-refractivity contribution < 1.29 is 9.53 Å². The van der Waals surface area contributed by atoms with E-state index in [0.717, 1.165) is 31.8 Å². The summed E-state index contributed by atoms with van der Waals surface area (Å²) in [6.07, 6.45) is 3.87. The summed E-state index contributed by atoms with van der Waals surface area (Å²) in [5, 5.41) is 2.91. The van der Waals surface area contributed by atoms with Crippen molar-refractivity contribution in [2.45, 2.75) is 19.8 Å². The number of hydrogen-bond donors (Lipinski definition) is 1. The molecule has 0 saturated carbocycles. The fourth-order valence-corrected chi connectivity index (χ4v) is 3.30. The van der Waals surface area contributed by atoms with E-state index >= 15 is 0 Å². The third kappa shape index (κ3) is 4.71. The standard InChI is InChI=1S/C23H24N4O2/c1-17-12-15-27(16-13-17)23-24-14-11-20(26-23)22(28)25-19-9-5-6-10-21(19)29-18-7-3-2-4-8-18/h2-11,14,17H,12-13,15-16H2,1H3,(H,25,28). The van der Waals surface area contributed by atoms with Gasteiger partial charge in [0.2, 0.25) is 5.95 Å². The molecule has 0 radical (unpaired) electrons. The zero-order valence-electron chi connectivity index (χ0n) is 16.4. The molecule has 6 heteroatoms. The predicted octanol–water partition coefficient (Wildman–Crippen LogP) is 4.76. The monoisotopic (exact) mass is 388 g/mol. The molecule has 29 heavy (non-hydrogen) atoms. The summed E-state index contributed by atoms with van der Waals surface area (Å²) in [6.45, 7) is 4.09. The Morgan fingerprint density at radius 2 is 1.76 bits per heavy atom. The average molecular weight is 388 g/mol. The normalized spacial score (nSPS) is 14.4. The predicted molar refractivity (Wildman–Crippen MR) is 114 cm³/mol. The van der Waals surface area contributed by atoms with E-state index in [0.29, 0.717) is 28.8 Å². The second-order valence-corrected chi connectivity index (χ2v) is 7.28. The van der Waals surface area contributed by atoms with Crippen LogP contribution in [0.4, 0.5) is 11.6 Å². The summed E-state index contributed by atoms with van der Waals surface area (Å²) < 4.78 is 5.92. The lowest BCUT2D eigenvalue weighted by atomic mass is 10.00. The molecule has 1 fully saturated rings. The van der Waals surface area contributed by atoms with Crippen LogP contribution in [0.2, 0.25) is 0 Å². The van der Waals surface area contributed by atoms with Crippen molar-refractivity contribution in [2.75, 3.05) is 23.3 Å². The van der Waals surface area contributed by atoms with E-state index in [1.807, 2.05) is 54.6 Å². The quantitative estimate of drug-likeness (QED) is 0.683. The third-order valence-corrected chi connectivity index (χ3v) is 5.05. The van der Waals surface area contributed by atoms with Crippen LogP contribution < -0.4 is 15.0 Å². The van der Waals surface area contributed by atoms with Gasteiger partial charge in [0, 0.05) is 19.3 Å². The minimum Gasteiger partial charge on any atom is -0.455 e. The van der Waals surface area contributed by atoms with Crippen molar-refractivity contribution in [1.29, 1.82) is 0 Å². The molecule has 1 N–H and O–H groups in total. The molecule has 4 rings (SSSR count). The van der Waals surface area contributed by atoms with Crippen molar-refractivity contribution in [3.8, 4) is 11.5 Å². The molecule has 0 unspecified atom stereocenters. The highest BCUT2D eigenvalue weighted by Gasteiger charge is 2.19. The van der Waals surface area contributed by atoms with Crippen molar-refractivity contribution in [2.24, 2.45) is 5.92 Å². The summed E-state index contributed by atoms with van der Waals surface area (Å²) >= 11 is 0. The maximum Gasteiger partial charge on any atom is 0.274 e. The van der Waals surface area contributed by atoms with Crippen LogP contribution in [0, 0.1) is 5.92 Å². The van der Waals surface area contributed by atoms with Crippen molar-refractivity contribution in [3.05, 3.63) is 72.6 Å². The number of carbonyl (C=O) groups excluding carboxylic acids is 1. The minimum absolute atomic E-state index is 0.289. The van der Waals surface area contributed by atoms with Gasteiger partial charge in [0.1, 0.15) is 11.4 Å². The molecular formula is C23H24N4O2. The maximum atomic E-state index is 12.8. The van der Waals surface area contributed by atoms with Crippen LogP contribution in [-0.4, -0.2) is 29.0 Å². The van der Waals surface area contributed by atoms with Crippen LogP contribution in [0.25, 0.3) is 0 Å². The Labute approximate surface area is 170 Å². The Morgan fingerprint density at radius 1 is 1.03 bits per heavy atom. The van der Waals surface area contributed by atoms with Gasteiger partial charge >= 0.3 is 0 Å². The zero-order valence-corrected chi connectivity index (χ0v) is 16.4. The Morgan fingerprint density at radius 3 is 2.55 bits per heavy atom. The lowest BCUT2D eigenvalue weighted by Crippen LogP contribution is -2.34. The molecule has 1 aliphatic rings. The van der Waals surface area contributed by atoms with Gasteiger partial charge in [-0.15, -0.1) is 0 Å². The van der Waals surface area contributed by atoms with Crippen molar-refractivity contribution in [3.63, 3.8) is 0 Å². The molecule has 0 spiro atoms. The van der Waals surface area contributed by atoms with Gasteiger partial charge < -0.3 is 15.0 Å². The molecule has 148 valence electrons. The highest BCUT2D eigenvalue weighted by molar-refractivity contribution is 6.03. The number of nitrogens with one attached hydrogen (secondary N) is 1. The first-order chi connectivity index (χ1) is 14.2. The van der Waals surface area contributed by atoms with Crippen LogP contribution in [0.5, 0.6) is 11.5 Å². The minimum atomic E-state index is -0.289. The summed E-state index contributed by atoms with van der Waals surface area (Å²) in [6, 6.07) is 18.5. The summed E-state index contributed by atoms with van der Waals surface area (Å²) in [5.41, 5.74) is 0.927. The summed E-state index contributed by atoms with van der Waals surface area (Å²) in [4.78, 5) is 23.8. The van der Waals surface area contributed by atoms with E-state index < -0.39 is 0 Å². The molecule has 2 aromatic carbocycles. The Hall–Kier alpha value is -3.41. The molecule has 6 nitrogen and oxygen atoms in total. The molecule has 1 aromatic heterocycles. The van der Waals surface area contributed by atoms with Crippen molar-refractivity contribution in [1.82, 2.24) is 9.97 Å². The maximum absolute atomic E-state index is 12.8. The molecule has 1 aliphatic heterocycles. The van der Waals surface area contributed by atoms with Gasteiger partial charge in [-0.3, -0.25) is 4.79 Å². The summed E-state index contributed by atoms with van der Waals surface area (Å²) in [7, 11) is 0. The first kappa shape index (κ1) is 18.9. The van der Waals surface area contributed by atoms with E-state index in [-0.39, 0.29) is 5.91 Å². The lowest BCUT2D eigenvalue weighted by molar-refractivity contribution is 0.102. The first-order valence-corrected chi connectivity index (χ1v) is 9.90. The number of piperidine rings is 1. The van der Waals surface area contributed by atoms with E-state index in [4.69, 9.17) is 4.74 Å². The highest BCUT2D eigenvalue weighted by atomic mass is 16.5. The average Bonchev–Trinajstić information content (AvgIpc) is 2.76. The largest absolute Gasteiger partial charge is 0.455 e.